The smallest absolute Gasteiger partial charge is 0.272 e. The van der Waals surface area contributed by atoms with Crippen molar-refractivity contribution in [2.24, 2.45) is 0 Å². The number of hydrogen-bond donors (Lipinski definition) is 0. The fourth-order valence-electron chi connectivity index (χ4n) is 2.76. The highest BCUT2D eigenvalue weighted by atomic mass is 32.2. The molecule has 1 aromatic heterocycles. The zero-order chi connectivity index (χ0) is 18.9. The molecule has 0 spiro atoms. The van der Waals surface area contributed by atoms with Crippen LogP contribution in [-0.2, 0) is 9.84 Å². The summed E-state index contributed by atoms with van der Waals surface area (Å²) in [5, 5.41) is 0.983. The van der Waals surface area contributed by atoms with Crippen LogP contribution in [0.25, 0.3) is 10.9 Å². The highest BCUT2D eigenvalue weighted by Gasteiger charge is 2.20. The van der Waals surface area contributed by atoms with Crippen molar-refractivity contribution in [2.75, 3.05) is 13.3 Å². The molecule has 6 heteroatoms. The first-order valence-corrected chi connectivity index (χ1v) is 10.1. The molecule has 0 bridgehead atoms. The molecule has 0 saturated heterocycles. The lowest BCUT2D eigenvalue weighted by molar-refractivity contribution is 0.0737. The molecule has 0 aliphatic heterocycles. The summed E-state index contributed by atoms with van der Waals surface area (Å²) in [6.45, 7) is 1.90. The number of carbonyl (C=O) groups excluding carboxylic acids is 1. The molecule has 3 rings (SSSR count). The molecule has 0 fully saturated rings. The highest BCUT2D eigenvalue weighted by Crippen LogP contribution is 2.22. The van der Waals surface area contributed by atoms with Crippen molar-refractivity contribution in [2.45, 2.75) is 17.9 Å². The van der Waals surface area contributed by atoms with Gasteiger partial charge in [0, 0.05) is 18.7 Å². The number of nitrogens with zero attached hydrogens (tertiary/aromatic N) is 2. The van der Waals surface area contributed by atoms with Gasteiger partial charge in [-0.1, -0.05) is 36.4 Å². The lowest BCUT2D eigenvalue weighted by Gasteiger charge is -2.25. The van der Waals surface area contributed by atoms with E-state index in [4.69, 9.17) is 0 Å². The van der Waals surface area contributed by atoms with Crippen LogP contribution >= 0.6 is 0 Å². The van der Waals surface area contributed by atoms with Crippen LogP contribution in [0.15, 0.2) is 65.6 Å². The summed E-state index contributed by atoms with van der Waals surface area (Å²) < 4.78 is 23.2. The number of sulfone groups is 1. The van der Waals surface area contributed by atoms with E-state index in [9.17, 15) is 13.2 Å². The monoisotopic (exact) mass is 368 g/mol. The van der Waals surface area contributed by atoms with E-state index >= 15 is 0 Å². The van der Waals surface area contributed by atoms with Gasteiger partial charge in [0.1, 0.15) is 5.69 Å². The molecule has 0 saturated carbocycles. The number of aromatic nitrogens is 1. The van der Waals surface area contributed by atoms with Gasteiger partial charge in [0.25, 0.3) is 5.91 Å². The molecular weight excluding hydrogens is 348 g/mol. The Bertz CT molecular complexity index is 1060. The Hall–Kier alpha value is -2.73. The molecule has 0 radical (unpaired) electrons. The third-order valence-corrected chi connectivity index (χ3v) is 5.64. The summed E-state index contributed by atoms with van der Waals surface area (Å²) in [6, 6.07) is 17.6. The molecule has 1 atom stereocenters. The van der Waals surface area contributed by atoms with E-state index < -0.39 is 9.84 Å². The van der Waals surface area contributed by atoms with E-state index in [0.717, 1.165) is 16.5 Å². The Balaban J connectivity index is 1.84. The van der Waals surface area contributed by atoms with E-state index in [2.05, 4.69) is 4.98 Å². The molecule has 0 N–H and O–H groups in total. The van der Waals surface area contributed by atoms with Crippen molar-refractivity contribution in [1.29, 1.82) is 0 Å². The highest BCUT2D eigenvalue weighted by molar-refractivity contribution is 7.90. The molecule has 3 aromatic rings. The number of pyridine rings is 1. The lowest BCUT2D eigenvalue weighted by atomic mass is 10.1. The Morgan fingerprint density at radius 1 is 1.00 bits per heavy atom. The van der Waals surface area contributed by atoms with Gasteiger partial charge in [0.2, 0.25) is 0 Å². The van der Waals surface area contributed by atoms with Gasteiger partial charge in [-0.05, 0) is 36.8 Å². The second-order valence-electron chi connectivity index (χ2n) is 6.32. The number of carbonyl (C=O) groups is 1. The molecule has 1 unspecified atom stereocenters. The minimum atomic E-state index is -3.24. The van der Waals surface area contributed by atoms with Crippen LogP contribution in [0.1, 0.15) is 29.0 Å². The van der Waals surface area contributed by atoms with E-state index in [0.29, 0.717) is 5.69 Å². The van der Waals surface area contributed by atoms with Crippen LogP contribution in [-0.4, -0.2) is 37.5 Å². The molecule has 1 heterocycles. The van der Waals surface area contributed by atoms with Gasteiger partial charge in [-0.25, -0.2) is 13.4 Å². The summed E-state index contributed by atoms with van der Waals surface area (Å²) >= 11 is 0. The summed E-state index contributed by atoms with van der Waals surface area (Å²) in [6.07, 6.45) is 1.17. The quantitative estimate of drug-likeness (QED) is 0.707. The molecule has 0 aliphatic rings. The normalized spacial score (nSPS) is 12.7. The second-order valence-corrected chi connectivity index (χ2v) is 8.34. The maximum Gasteiger partial charge on any atom is 0.272 e. The number of para-hydroxylation sites is 1. The van der Waals surface area contributed by atoms with Crippen molar-refractivity contribution < 1.29 is 13.2 Å². The van der Waals surface area contributed by atoms with E-state index in [1.807, 2.05) is 37.3 Å². The van der Waals surface area contributed by atoms with Crippen LogP contribution in [0, 0.1) is 0 Å². The first-order valence-electron chi connectivity index (χ1n) is 8.20. The van der Waals surface area contributed by atoms with Crippen molar-refractivity contribution in [1.82, 2.24) is 9.88 Å². The fraction of sp³-hybridized carbons (Fsp3) is 0.200. The zero-order valence-electron chi connectivity index (χ0n) is 14.9. The lowest BCUT2D eigenvalue weighted by Crippen LogP contribution is -2.30. The van der Waals surface area contributed by atoms with Crippen molar-refractivity contribution in [3.8, 4) is 0 Å². The van der Waals surface area contributed by atoms with Crippen LogP contribution in [0.4, 0.5) is 0 Å². The standard InChI is InChI=1S/C20H20N2O3S/c1-14(15-8-11-17(12-9-15)26(3,24)25)22(2)20(23)19-13-10-16-6-4-5-7-18(16)21-19/h4-14H,1-3H3. The van der Waals surface area contributed by atoms with Crippen molar-refractivity contribution in [3.05, 3.63) is 71.9 Å². The van der Waals surface area contributed by atoms with Gasteiger partial charge < -0.3 is 4.90 Å². The third-order valence-electron chi connectivity index (χ3n) is 4.51. The van der Waals surface area contributed by atoms with E-state index in [1.165, 1.54) is 6.26 Å². The number of fused-ring (bicyclic) bond motifs is 1. The molecule has 26 heavy (non-hydrogen) atoms. The summed E-state index contributed by atoms with van der Waals surface area (Å²) in [5.74, 6) is -0.185. The maximum absolute atomic E-state index is 12.8. The molecule has 2 aromatic carbocycles. The van der Waals surface area contributed by atoms with Gasteiger partial charge in [-0.2, -0.15) is 0 Å². The second kappa shape index (κ2) is 6.88. The largest absolute Gasteiger partial charge is 0.334 e. The fourth-order valence-corrected chi connectivity index (χ4v) is 3.39. The van der Waals surface area contributed by atoms with E-state index in [-0.39, 0.29) is 16.8 Å². The Morgan fingerprint density at radius 2 is 1.65 bits per heavy atom. The predicted molar refractivity (Wildman–Crippen MR) is 102 cm³/mol. The van der Waals surface area contributed by atoms with Crippen molar-refractivity contribution >= 4 is 26.6 Å². The first kappa shape index (κ1) is 18.1. The van der Waals surface area contributed by atoms with Gasteiger partial charge in [0.05, 0.1) is 16.5 Å². The van der Waals surface area contributed by atoms with E-state index in [1.54, 1.807) is 42.3 Å². The number of rotatable bonds is 4. The molecule has 134 valence electrons. The average molecular weight is 368 g/mol. The topological polar surface area (TPSA) is 67.3 Å². The Kier molecular flexibility index (Phi) is 4.78. The Morgan fingerprint density at radius 3 is 2.31 bits per heavy atom. The van der Waals surface area contributed by atoms with Crippen molar-refractivity contribution in [3.63, 3.8) is 0 Å². The molecule has 0 aliphatic carbocycles. The van der Waals surface area contributed by atoms with Gasteiger partial charge in [-0.15, -0.1) is 0 Å². The van der Waals surface area contributed by atoms with Gasteiger partial charge in [-0.3, -0.25) is 4.79 Å². The zero-order valence-corrected chi connectivity index (χ0v) is 15.7. The third kappa shape index (κ3) is 3.60. The van der Waals surface area contributed by atoms with Gasteiger partial charge >= 0.3 is 0 Å². The summed E-state index contributed by atoms with van der Waals surface area (Å²) in [5.41, 5.74) is 2.01. The molecule has 5 nitrogen and oxygen atoms in total. The summed E-state index contributed by atoms with van der Waals surface area (Å²) in [4.78, 5) is 19.1. The van der Waals surface area contributed by atoms with Gasteiger partial charge in [0.15, 0.2) is 9.84 Å². The predicted octanol–water partition coefficient (Wildman–Crippen LogP) is 3.47. The molecule has 1 amide bonds. The average Bonchev–Trinajstić information content (AvgIpc) is 2.65. The summed E-state index contributed by atoms with van der Waals surface area (Å²) in [7, 11) is -1.52. The van der Waals surface area contributed by atoms with Crippen LogP contribution in [0.3, 0.4) is 0 Å². The maximum atomic E-state index is 12.8. The van der Waals surface area contributed by atoms with Crippen LogP contribution in [0.2, 0.25) is 0 Å². The van der Waals surface area contributed by atoms with Crippen LogP contribution < -0.4 is 0 Å². The number of benzene rings is 2. The number of hydrogen-bond acceptors (Lipinski definition) is 4. The van der Waals surface area contributed by atoms with Crippen LogP contribution in [0.5, 0.6) is 0 Å². The SMILES string of the molecule is CC(c1ccc(S(C)(=O)=O)cc1)N(C)C(=O)c1ccc2ccccc2n1. The number of amides is 1. The minimum Gasteiger partial charge on any atom is -0.334 e. The first-order chi connectivity index (χ1) is 12.3. The molecular formula is C20H20N2O3S. The minimum absolute atomic E-state index is 0.185. The Labute approximate surface area is 153 Å².